The summed E-state index contributed by atoms with van der Waals surface area (Å²) in [6, 6.07) is 0. The van der Waals surface area contributed by atoms with Crippen LogP contribution in [0.1, 0.15) is 42.8 Å². The van der Waals surface area contributed by atoms with Gasteiger partial charge in [-0.15, -0.1) is 11.3 Å². The van der Waals surface area contributed by atoms with E-state index in [-0.39, 0.29) is 0 Å². The van der Waals surface area contributed by atoms with Crippen LogP contribution in [0.25, 0.3) is 0 Å². The highest BCUT2D eigenvalue weighted by Gasteiger charge is 2.24. The SMILES string of the molecule is CCCc1nc(CCOC)sc1C(C)(C)O. The molecule has 0 aromatic carbocycles. The van der Waals surface area contributed by atoms with E-state index in [1.54, 1.807) is 18.4 Å². The molecular weight excluding hydrogens is 222 g/mol. The van der Waals surface area contributed by atoms with Gasteiger partial charge in [-0.1, -0.05) is 13.3 Å². The molecule has 0 aliphatic heterocycles. The minimum absolute atomic E-state index is 0.685. The van der Waals surface area contributed by atoms with Crippen LogP contribution in [0.4, 0.5) is 0 Å². The van der Waals surface area contributed by atoms with Crippen LogP contribution < -0.4 is 0 Å². The van der Waals surface area contributed by atoms with Crippen molar-refractivity contribution in [3.8, 4) is 0 Å². The highest BCUT2D eigenvalue weighted by Crippen LogP contribution is 2.30. The molecule has 0 atom stereocenters. The van der Waals surface area contributed by atoms with Crippen LogP contribution in [0.5, 0.6) is 0 Å². The first kappa shape index (κ1) is 13.6. The Morgan fingerprint density at radius 1 is 1.38 bits per heavy atom. The number of nitrogens with zero attached hydrogens (tertiary/aromatic N) is 1. The Kier molecular flexibility index (Phi) is 4.89. The quantitative estimate of drug-likeness (QED) is 0.834. The minimum atomic E-state index is -0.784. The molecule has 1 heterocycles. The number of aryl methyl sites for hydroxylation is 1. The molecule has 0 aliphatic rings. The van der Waals surface area contributed by atoms with Crippen LogP contribution >= 0.6 is 11.3 Å². The van der Waals surface area contributed by atoms with E-state index in [0.29, 0.717) is 6.61 Å². The van der Waals surface area contributed by atoms with Crippen LogP contribution in [0.2, 0.25) is 0 Å². The second kappa shape index (κ2) is 5.75. The van der Waals surface area contributed by atoms with Crippen LogP contribution in [-0.4, -0.2) is 23.8 Å². The van der Waals surface area contributed by atoms with Gasteiger partial charge in [0.1, 0.15) is 0 Å². The van der Waals surface area contributed by atoms with Crippen molar-refractivity contribution in [3.63, 3.8) is 0 Å². The second-order valence-corrected chi connectivity index (χ2v) is 5.52. The molecule has 0 bridgehead atoms. The first-order valence-corrected chi connectivity index (χ1v) is 6.51. The summed E-state index contributed by atoms with van der Waals surface area (Å²) in [5, 5.41) is 11.1. The van der Waals surface area contributed by atoms with E-state index in [1.807, 2.05) is 13.8 Å². The summed E-state index contributed by atoms with van der Waals surface area (Å²) in [6.07, 6.45) is 2.81. The Morgan fingerprint density at radius 3 is 2.56 bits per heavy atom. The number of thiazole rings is 1. The summed E-state index contributed by atoms with van der Waals surface area (Å²) in [5.74, 6) is 0. The lowest BCUT2D eigenvalue weighted by Crippen LogP contribution is -2.15. The molecule has 0 aliphatic carbocycles. The molecule has 1 aromatic rings. The van der Waals surface area contributed by atoms with E-state index in [1.165, 1.54) is 0 Å². The number of ether oxygens (including phenoxy) is 1. The van der Waals surface area contributed by atoms with Crippen molar-refractivity contribution in [1.29, 1.82) is 0 Å². The van der Waals surface area contributed by atoms with Crippen molar-refractivity contribution in [2.45, 2.75) is 45.6 Å². The molecular formula is C12H21NO2S. The topological polar surface area (TPSA) is 42.4 Å². The van der Waals surface area contributed by atoms with Gasteiger partial charge in [-0.25, -0.2) is 4.98 Å². The molecule has 0 fully saturated rings. The van der Waals surface area contributed by atoms with Crippen LogP contribution in [0.3, 0.4) is 0 Å². The van der Waals surface area contributed by atoms with Gasteiger partial charge in [-0.05, 0) is 20.3 Å². The summed E-state index contributed by atoms with van der Waals surface area (Å²) in [7, 11) is 1.69. The van der Waals surface area contributed by atoms with Gasteiger partial charge in [0.05, 0.1) is 27.8 Å². The molecule has 1 N–H and O–H groups in total. The first-order valence-electron chi connectivity index (χ1n) is 5.69. The van der Waals surface area contributed by atoms with Crippen LogP contribution in [-0.2, 0) is 23.2 Å². The fourth-order valence-corrected chi connectivity index (χ4v) is 2.67. The van der Waals surface area contributed by atoms with Gasteiger partial charge >= 0.3 is 0 Å². The van der Waals surface area contributed by atoms with E-state index in [4.69, 9.17) is 4.74 Å². The summed E-state index contributed by atoms with van der Waals surface area (Å²) < 4.78 is 5.04. The molecule has 0 radical (unpaired) electrons. The summed E-state index contributed by atoms with van der Waals surface area (Å²) >= 11 is 1.61. The van der Waals surface area contributed by atoms with Crippen molar-refractivity contribution in [2.75, 3.05) is 13.7 Å². The molecule has 4 heteroatoms. The zero-order valence-corrected chi connectivity index (χ0v) is 11.4. The van der Waals surface area contributed by atoms with Gasteiger partial charge in [-0.3, -0.25) is 0 Å². The Labute approximate surface area is 101 Å². The minimum Gasteiger partial charge on any atom is -0.385 e. The van der Waals surface area contributed by atoms with Crippen LogP contribution in [0.15, 0.2) is 0 Å². The number of methoxy groups -OCH3 is 1. The Hall–Kier alpha value is -0.450. The lowest BCUT2D eigenvalue weighted by atomic mass is 10.0. The molecule has 0 saturated carbocycles. The van der Waals surface area contributed by atoms with Gasteiger partial charge in [0.15, 0.2) is 0 Å². The fourth-order valence-electron chi connectivity index (χ4n) is 1.58. The average molecular weight is 243 g/mol. The summed E-state index contributed by atoms with van der Waals surface area (Å²) in [6.45, 7) is 6.45. The molecule has 3 nitrogen and oxygen atoms in total. The number of hydrogen-bond donors (Lipinski definition) is 1. The van der Waals surface area contributed by atoms with E-state index >= 15 is 0 Å². The second-order valence-electron chi connectivity index (χ2n) is 4.44. The molecule has 16 heavy (non-hydrogen) atoms. The molecule has 0 saturated heterocycles. The largest absolute Gasteiger partial charge is 0.385 e. The third-order valence-electron chi connectivity index (χ3n) is 2.30. The van der Waals surface area contributed by atoms with E-state index in [0.717, 1.165) is 34.8 Å². The highest BCUT2D eigenvalue weighted by molar-refractivity contribution is 7.11. The molecule has 92 valence electrons. The molecule has 0 amide bonds. The summed E-state index contributed by atoms with van der Waals surface area (Å²) in [5.41, 5.74) is 0.263. The van der Waals surface area contributed by atoms with Gasteiger partial charge in [0.25, 0.3) is 0 Å². The lowest BCUT2D eigenvalue weighted by molar-refractivity contribution is 0.0813. The summed E-state index contributed by atoms with van der Waals surface area (Å²) in [4.78, 5) is 5.58. The third-order valence-corrected chi connectivity index (χ3v) is 3.77. The molecule has 0 spiro atoms. The lowest BCUT2D eigenvalue weighted by Gasteiger charge is -2.16. The maximum absolute atomic E-state index is 10.1. The smallest absolute Gasteiger partial charge is 0.0955 e. The highest BCUT2D eigenvalue weighted by atomic mass is 32.1. The Morgan fingerprint density at radius 2 is 2.06 bits per heavy atom. The normalized spacial score (nSPS) is 12.1. The molecule has 1 rings (SSSR count). The average Bonchev–Trinajstić information content (AvgIpc) is 2.58. The van der Waals surface area contributed by atoms with Crippen molar-refractivity contribution in [1.82, 2.24) is 4.98 Å². The van der Waals surface area contributed by atoms with Crippen molar-refractivity contribution >= 4 is 11.3 Å². The standard InChI is InChI=1S/C12H21NO2S/c1-5-6-9-11(12(2,3)14)16-10(13-9)7-8-15-4/h14H,5-8H2,1-4H3. The zero-order chi connectivity index (χ0) is 12.2. The van der Waals surface area contributed by atoms with Crippen molar-refractivity contribution in [2.24, 2.45) is 0 Å². The Balaban J connectivity index is 2.91. The third kappa shape index (κ3) is 3.54. The monoisotopic (exact) mass is 243 g/mol. The van der Waals surface area contributed by atoms with Gasteiger partial charge in [0.2, 0.25) is 0 Å². The number of hydrogen-bond acceptors (Lipinski definition) is 4. The maximum atomic E-state index is 10.1. The predicted molar refractivity (Wildman–Crippen MR) is 66.9 cm³/mol. The fraction of sp³-hybridized carbons (Fsp3) is 0.750. The first-order chi connectivity index (χ1) is 7.49. The predicted octanol–water partition coefficient (Wildman–Crippen LogP) is 2.51. The van der Waals surface area contributed by atoms with E-state index < -0.39 is 5.60 Å². The molecule has 1 aromatic heterocycles. The van der Waals surface area contributed by atoms with Gasteiger partial charge in [0, 0.05) is 13.5 Å². The Bertz CT molecular complexity index is 328. The number of aliphatic hydroxyl groups is 1. The number of rotatable bonds is 6. The maximum Gasteiger partial charge on any atom is 0.0955 e. The van der Waals surface area contributed by atoms with E-state index in [9.17, 15) is 5.11 Å². The van der Waals surface area contributed by atoms with Crippen LogP contribution in [0, 0.1) is 0 Å². The van der Waals surface area contributed by atoms with Gasteiger partial charge < -0.3 is 9.84 Å². The number of aromatic nitrogens is 1. The van der Waals surface area contributed by atoms with Gasteiger partial charge in [-0.2, -0.15) is 0 Å². The van der Waals surface area contributed by atoms with E-state index in [2.05, 4.69) is 11.9 Å². The van der Waals surface area contributed by atoms with Crippen molar-refractivity contribution in [3.05, 3.63) is 15.6 Å². The van der Waals surface area contributed by atoms with Crippen molar-refractivity contribution < 1.29 is 9.84 Å². The molecule has 0 unspecified atom stereocenters. The zero-order valence-electron chi connectivity index (χ0n) is 10.5.